The van der Waals surface area contributed by atoms with Gasteiger partial charge in [0.2, 0.25) is 5.88 Å². The Balaban J connectivity index is 1.71. The maximum atomic E-state index is 5.65. The van der Waals surface area contributed by atoms with Gasteiger partial charge in [0.05, 0.1) is 18.4 Å². The van der Waals surface area contributed by atoms with Crippen LogP contribution in [0.5, 0.6) is 17.4 Å². The topological polar surface area (TPSA) is 57.5 Å². The lowest BCUT2D eigenvalue weighted by molar-refractivity contribution is 0.171. The maximum absolute atomic E-state index is 5.65. The summed E-state index contributed by atoms with van der Waals surface area (Å²) in [6, 6.07) is 6.26. The van der Waals surface area contributed by atoms with Gasteiger partial charge in [-0.05, 0) is 31.5 Å². The summed E-state index contributed by atoms with van der Waals surface area (Å²) in [7, 11) is 3.56. The second-order valence-corrected chi connectivity index (χ2v) is 5.70. The molecular formula is C17H23N3O3. The highest BCUT2D eigenvalue weighted by Gasteiger charge is 2.17. The lowest BCUT2D eigenvalue weighted by Gasteiger charge is -2.21. The molecule has 23 heavy (non-hydrogen) atoms. The van der Waals surface area contributed by atoms with E-state index in [9.17, 15) is 0 Å². The third-order valence-corrected chi connectivity index (χ3v) is 4.13. The van der Waals surface area contributed by atoms with E-state index in [0.717, 1.165) is 34.2 Å². The summed E-state index contributed by atoms with van der Waals surface area (Å²) in [5.41, 5.74) is 3.22. The normalized spacial score (nSPS) is 14.6. The molecule has 1 aromatic heterocycles. The van der Waals surface area contributed by atoms with Crippen LogP contribution in [0.4, 0.5) is 0 Å². The lowest BCUT2D eigenvalue weighted by atomic mass is 10.1. The first-order valence-electron chi connectivity index (χ1n) is 7.79. The van der Waals surface area contributed by atoms with Gasteiger partial charge in [-0.25, -0.2) is 4.68 Å². The Hall–Kier alpha value is -2.21. The third-order valence-electron chi connectivity index (χ3n) is 4.13. The van der Waals surface area contributed by atoms with Crippen molar-refractivity contribution in [2.75, 3.05) is 20.3 Å². The van der Waals surface area contributed by atoms with Gasteiger partial charge in [-0.15, -0.1) is 0 Å². The minimum atomic E-state index is 0.176. The third kappa shape index (κ3) is 3.12. The number of methoxy groups -OCH3 is 1. The molecule has 0 bridgehead atoms. The fraction of sp³-hybridized carbons (Fsp3) is 0.471. The summed E-state index contributed by atoms with van der Waals surface area (Å²) in [4.78, 5) is 0. The van der Waals surface area contributed by atoms with Crippen molar-refractivity contribution in [2.45, 2.75) is 26.4 Å². The molecule has 0 unspecified atom stereocenters. The summed E-state index contributed by atoms with van der Waals surface area (Å²) in [6.07, 6.45) is 0. The minimum absolute atomic E-state index is 0.176. The second-order valence-electron chi connectivity index (χ2n) is 5.70. The lowest BCUT2D eigenvalue weighted by Crippen LogP contribution is -2.20. The Morgan fingerprint density at radius 2 is 2.04 bits per heavy atom. The van der Waals surface area contributed by atoms with Crippen LogP contribution in [-0.2, 0) is 13.6 Å². The van der Waals surface area contributed by atoms with Gasteiger partial charge >= 0.3 is 0 Å². The Bertz CT molecular complexity index is 697. The molecule has 2 heterocycles. The zero-order chi connectivity index (χ0) is 16.4. The molecule has 0 amide bonds. The van der Waals surface area contributed by atoms with Gasteiger partial charge in [0, 0.05) is 19.6 Å². The molecule has 0 aliphatic carbocycles. The Morgan fingerprint density at radius 1 is 1.30 bits per heavy atom. The molecular weight excluding hydrogens is 294 g/mol. The molecule has 6 heteroatoms. The number of hydrogen-bond acceptors (Lipinski definition) is 5. The summed E-state index contributed by atoms with van der Waals surface area (Å²) in [6.45, 7) is 6.03. The van der Waals surface area contributed by atoms with E-state index in [-0.39, 0.29) is 6.04 Å². The van der Waals surface area contributed by atoms with Crippen LogP contribution in [0.25, 0.3) is 0 Å². The van der Waals surface area contributed by atoms with Crippen LogP contribution in [0, 0.1) is 6.92 Å². The minimum Gasteiger partial charge on any atom is -0.486 e. The number of aromatic nitrogens is 2. The quantitative estimate of drug-likeness (QED) is 0.917. The smallest absolute Gasteiger partial charge is 0.216 e. The summed E-state index contributed by atoms with van der Waals surface area (Å²) < 4.78 is 18.4. The molecule has 0 radical (unpaired) electrons. The van der Waals surface area contributed by atoms with Gasteiger partial charge in [-0.3, -0.25) is 0 Å². The highest BCUT2D eigenvalue weighted by Crippen LogP contribution is 2.32. The zero-order valence-electron chi connectivity index (χ0n) is 14.0. The average Bonchev–Trinajstić information content (AvgIpc) is 2.84. The van der Waals surface area contributed by atoms with Crippen LogP contribution >= 0.6 is 0 Å². The van der Waals surface area contributed by atoms with E-state index in [1.165, 1.54) is 0 Å². The van der Waals surface area contributed by atoms with Gasteiger partial charge in [0.1, 0.15) is 13.2 Å². The largest absolute Gasteiger partial charge is 0.486 e. The van der Waals surface area contributed by atoms with Crippen molar-refractivity contribution in [2.24, 2.45) is 7.05 Å². The highest BCUT2D eigenvalue weighted by molar-refractivity contribution is 5.44. The number of hydrogen-bond donors (Lipinski definition) is 1. The zero-order valence-corrected chi connectivity index (χ0v) is 14.0. The molecule has 1 aliphatic rings. The van der Waals surface area contributed by atoms with Gasteiger partial charge in [0.25, 0.3) is 0 Å². The van der Waals surface area contributed by atoms with Crippen LogP contribution in [0.3, 0.4) is 0 Å². The molecule has 0 spiro atoms. The number of nitrogens with zero attached hydrogens (tertiary/aromatic N) is 2. The summed E-state index contributed by atoms with van der Waals surface area (Å²) in [5.74, 6) is 2.43. The number of rotatable bonds is 5. The SMILES string of the molecule is COc1c(CN[C@@H](C)c2ccc3c(c2)OCCO3)c(C)nn1C. The Kier molecular flexibility index (Phi) is 4.43. The highest BCUT2D eigenvalue weighted by atomic mass is 16.6. The van der Waals surface area contributed by atoms with Gasteiger partial charge in [-0.2, -0.15) is 5.10 Å². The van der Waals surface area contributed by atoms with E-state index >= 15 is 0 Å². The molecule has 1 atom stereocenters. The Labute approximate surface area is 136 Å². The van der Waals surface area contributed by atoms with Gasteiger partial charge < -0.3 is 19.5 Å². The average molecular weight is 317 g/mol. The van der Waals surface area contributed by atoms with Crippen molar-refractivity contribution in [1.29, 1.82) is 0 Å². The predicted molar refractivity (Wildman–Crippen MR) is 87.2 cm³/mol. The first-order chi connectivity index (χ1) is 11.1. The summed E-state index contributed by atoms with van der Waals surface area (Å²) in [5, 5.41) is 7.93. The second kappa shape index (κ2) is 6.50. The molecule has 1 N–H and O–H groups in total. The fourth-order valence-electron chi connectivity index (χ4n) is 2.84. The number of fused-ring (bicyclic) bond motifs is 1. The van der Waals surface area contributed by atoms with Crippen LogP contribution in [0.1, 0.15) is 29.8 Å². The predicted octanol–water partition coefficient (Wildman–Crippen LogP) is 2.36. The van der Waals surface area contributed by atoms with Crippen molar-refractivity contribution in [3.8, 4) is 17.4 Å². The van der Waals surface area contributed by atoms with E-state index < -0.39 is 0 Å². The molecule has 1 aromatic carbocycles. The van der Waals surface area contributed by atoms with Gasteiger partial charge in [-0.1, -0.05) is 6.07 Å². The number of aryl methyl sites for hydroxylation is 2. The van der Waals surface area contributed by atoms with Crippen molar-refractivity contribution < 1.29 is 14.2 Å². The van der Waals surface area contributed by atoms with E-state index in [4.69, 9.17) is 14.2 Å². The molecule has 6 nitrogen and oxygen atoms in total. The van der Waals surface area contributed by atoms with Crippen LogP contribution < -0.4 is 19.5 Å². The molecule has 2 aromatic rings. The monoisotopic (exact) mass is 317 g/mol. The Morgan fingerprint density at radius 3 is 2.78 bits per heavy atom. The molecule has 0 saturated heterocycles. The fourth-order valence-corrected chi connectivity index (χ4v) is 2.84. The first kappa shape index (κ1) is 15.7. The van der Waals surface area contributed by atoms with Crippen LogP contribution in [0.2, 0.25) is 0 Å². The van der Waals surface area contributed by atoms with E-state index in [0.29, 0.717) is 19.8 Å². The maximum Gasteiger partial charge on any atom is 0.216 e. The van der Waals surface area contributed by atoms with E-state index in [2.05, 4.69) is 23.4 Å². The van der Waals surface area contributed by atoms with Crippen LogP contribution in [-0.4, -0.2) is 30.1 Å². The van der Waals surface area contributed by atoms with Crippen molar-refractivity contribution in [3.05, 3.63) is 35.0 Å². The number of ether oxygens (including phenoxy) is 3. The molecule has 0 saturated carbocycles. The number of benzene rings is 1. The molecule has 1 aliphatic heterocycles. The van der Waals surface area contributed by atoms with Crippen molar-refractivity contribution >= 4 is 0 Å². The molecule has 124 valence electrons. The standard InChI is InChI=1S/C17H23N3O3/c1-11(13-5-6-15-16(9-13)23-8-7-22-15)18-10-14-12(2)19-20(3)17(14)21-4/h5-6,9,11,18H,7-8,10H2,1-4H3/t11-/m0/s1. The molecule has 0 fully saturated rings. The van der Waals surface area contributed by atoms with E-state index in [1.807, 2.05) is 26.1 Å². The van der Waals surface area contributed by atoms with Gasteiger partial charge in [0.15, 0.2) is 11.5 Å². The first-order valence-corrected chi connectivity index (χ1v) is 7.79. The molecule has 3 rings (SSSR count). The van der Waals surface area contributed by atoms with Crippen molar-refractivity contribution in [3.63, 3.8) is 0 Å². The van der Waals surface area contributed by atoms with E-state index in [1.54, 1.807) is 11.8 Å². The summed E-state index contributed by atoms with van der Waals surface area (Å²) >= 11 is 0. The number of nitrogens with one attached hydrogen (secondary N) is 1. The van der Waals surface area contributed by atoms with Crippen LogP contribution in [0.15, 0.2) is 18.2 Å². The van der Waals surface area contributed by atoms with Crippen molar-refractivity contribution in [1.82, 2.24) is 15.1 Å².